The average Bonchev–Trinajstić information content (AvgIpc) is 2.88. The molecule has 3 N–H and O–H groups in total. The molecule has 0 bridgehead atoms. The van der Waals surface area contributed by atoms with Gasteiger partial charge in [0.15, 0.2) is 0 Å². The Bertz CT molecular complexity index is 560. The molecule has 2 aromatic rings. The van der Waals surface area contributed by atoms with E-state index >= 15 is 0 Å². The van der Waals surface area contributed by atoms with Crippen molar-refractivity contribution in [1.29, 1.82) is 0 Å². The third-order valence-corrected chi connectivity index (χ3v) is 3.25. The number of urea groups is 1. The SMILES string of the molecule is Cl.O=C(NCCc1cnc[nH]1)Nc1cccc(Cl)c1Cl. The number of carbonyl (C=O) groups is 1. The van der Waals surface area contributed by atoms with Crippen molar-refractivity contribution in [3.8, 4) is 0 Å². The summed E-state index contributed by atoms with van der Waals surface area (Å²) in [5, 5.41) is 6.08. The van der Waals surface area contributed by atoms with Crippen LogP contribution >= 0.6 is 35.6 Å². The van der Waals surface area contributed by atoms with E-state index in [1.807, 2.05) is 0 Å². The van der Waals surface area contributed by atoms with Crippen LogP contribution in [0.25, 0.3) is 0 Å². The lowest BCUT2D eigenvalue weighted by molar-refractivity contribution is 0.252. The number of hydrogen-bond acceptors (Lipinski definition) is 2. The fourth-order valence-electron chi connectivity index (χ4n) is 1.50. The van der Waals surface area contributed by atoms with E-state index in [4.69, 9.17) is 23.2 Å². The highest BCUT2D eigenvalue weighted by molar-refractivity contribution is 6.43. The molecule has 1 aromatic carbocycles. The first-order valence-corrected chi connectivity index (χ1v) is 6.38. The first-order chi connectivity index (χ1) is 9.16. The van der Waals surface area contributed by atoms with Crippen LogP contribution in [0.1, 0.15) is 5.69 Å². The number of imidazole rings is 1. The molecule has 0 radical (unpaired) electrons. The number of carbonyl (C=O) groups excluding carboxylic acids is 1. The quantitative estimate of drug-likeness (QED) is 0.800. The molecule has 0 fully saturated rings. The second kappa shape index (κ2) is 7.99. The van der Waals surface area contributed by atoms with Gasteiger partial charge in [0.2, 0.25) is 0 Å². The van der Waals surface area contributed by atoms with Gasteiger partial charge < -0.3 is 15.6 Å². The van der Waals surface area contributed by atoms with Gasteiger partial charge in [0.1, 0.15) is 0 Å². The minimum atomic E-state index is -0.330. The van der Waals surface area contributed by atoms with E-state index in [-0.39, 0.29) is 18.4 Å². The maximum absolute atomic E-state index is 11.7. The number of H-pyrrole nitrogens is 1. The van der Waals surface area contributed by atoms with E-state index in [1.54, 1.807) is 30.7 Å². The van der Waals surface area contributed by atoms with E-state index in [9.17, 15) is 4.79 Å². The van der Waals surface area contributed by atoms with Crippen LogP contribution in [0, 0.1) is 0 Å². The molecule has 1 aromatic heterocycles. The summed E-state index contributed by atoms with van der Waals surface area (Å²) in [6.07, 6.45) is 3.99. The Kier molecular flexibility index (Phi) is 6.64. The molecule has 20 heavy (non-hydrogen) atoms. The summed E-state index contributed by atoms with van der Waals surface area (Å²) in [7, 11) is 0. The number of nitrogens with zero attached hydrogens (tertiary/aromatic N) is 1. The van der Waals surface area contributed by atoms with Crippen molar-refractivity contribution in [3.63, 3.8) is 0 Å². The van der Waals surface area contributed by atoms with Crippen molar-refractivity contribution in [2.24, 2.45) is 0 Å². The molecular weight excluding hydrogens is 323 g/mol. The molecule has 0 saturated heterocycles. The second-order valence-corrected chi connectivity index (χ2v) is 4.59. The van der Waals surface area contributed by atoms with Crippen LogP contribution in [-0.4, -0.2) is 22.5 Å². The molecule has 2 rings (SSSR count). The molecule has 0 saturated carbocycles. The van der Waals surface area contributed by atoms with Crippen molar-refractivity contribution in [3.05, 3.63) is 46.5 Å². The van der Waals surface area contributed by atoms with Crippen molar-refractivity contribution in [1.82, 2.24) is 15.3 Å². The molecule has 0 atom stereocenters. The molecule has 8 heteroatoms. The van der Waals surface area contributed by atoms with Crippen molar-refractivity contribution in [2.75, 3.05) is 11.9 Å². The van der Waals surface area contributed by atoms with E-state index in [0.717, 1.165) is 5.69 Å². The van der Waals surface area contributed by atoms with Gasteiger partial charge in [-0.05, 0) is 12.1 Å². The maximum atomic E-state index is 11.7. The van der Waals surface area contributed by atoms with E-state index in [1.165, 1.54) is 0 Å². The summed E-state index contributed by atoms with van der Waals surface area (Å²) in [6.45, 7) is 0.492. The third-order valence-electron chi connectivity index (χ3n) is 2.43. The summed E-state index contributed by atoms with van der Waals surface area (Å²) < 4.78 is 0. The highest BCUT2D eigenvalue weighted by Gasteiger charge is 2.07. The number of aromatic nitrogens is 2. The number of anilines is 1. The van der Waals surface area contributed by atoms with Gasteiger partial charge in [-0.1, -0.05) is 29.3 Å². The predicted molar refractivity (Wildman–Crippen MR) is 83.0 cm³/mol. The lowest BCUT2D eigenvalue weighted by Gasteiger charge is -2.09. The third kappa shape index (κ3) is 4.59. The fourth-order valence-corrected chi connectivity index (χ4v) is 1.85. The number of nitrogens with one attached hydrogen (secondary N) is 3. The van der Waals surface area contributed by atoms with Crippen LogP contribution < -0.4 is 10.6 Å². The Morgan fingerprint density at radius 3 is 2.85 bits per heavy atom. The topological polar surface area (TPSA) is 69.8 Å². The monoisotopic (exact) mass is 334 g/mol. The van der Waals surface area contributed by atoms with Gasteiger partial charge in [0.25, 0.3) is 0 Å². The first-order valence-electron chi connectivity index (χ1n) is 5.63. The van der Waals surface area contributed by atoms with Gasteiger partial charge in [-0.3, -0.25) is 0 Å². The highest BCUT2D eigenvalue weighted by atomic mass is 35.5. The lowest BCUT2D eigenvalue weighted by atomic mass is 10.3. The molecule has 0 aliphatic carbocycles. The number of benzene rings is 1. The Balaban J connectivity index is 0.00000200. The van der Waals surface area contributed by atoms with Gasteiger partial charge in [-0.2, -0.15) is 0 Å². The van der Waals surface area contributed by atoms with Crippen LogP contribution in [-0.2, 0) is 6.42 Å². The first kappa shape index (κ1) is 16.6. The van der Waals surface area contributed by atoms with Crippen molar-refractivity contribution >= 4 is 47.3 Å². The van der Waals surface area contributed by atoms with Crippen LogP contribution in [0.5, 0.6) is 0 Å². The van der Waals surface area contributed by atoms with E-state index < -0.39 is 0 Å². The molecular formula is C12H13Cl3N4O. The lowest BCUT2D eigenvalue weighted by Crippen LogP contribution is -2.30. The fraction of sp³-hybridized carbons (Fsp3) is 0.167. The number of amides is 2. The standard InChI is InChI=1S/C12H12Cl2N4O.ClH/c13-9-2-1-3-10(11(9)14)18-12(19)16-5-4-8-6-15-7-17-8;/h1-3,6-7H,4-5H2,(H,15,17)(H2,16,18,19);1H. The Hall–Kier alpha value is -1.43. The minimum absolute atomic E-state index is 0. The Morgan fingerprint density at radius 2 is 2.15 bits per heavy atom. The summed E-state index contributed by atoms with van der Waals surface area (Å²) >= 11 is 11.8. The Labute approximate surface area is 132 Å². The highest BCUT2D eigenvalue weighted by Crippen LogP contribution is 2.29. The molecule has 1 heterocycles. The molecule has 0 aliphatic heterocycles. The van der Waals surface area contributed by atoms with Gasteiger partial charge >= 0.3 is 6.03 Å². The second-order valence-electron chi connectivity index (χ2n) is 3.81. The zero-order chi connectivity index (χ0) is 13.7. The van der Waals surface area contributed by atoms with Gasteiger partial charge in [-0.25, -0.2) is 9.78 Å². The molecule has 0 aliphatic rings. The molecule has 0 spiro atoms. The predicted octanol–water partition coefficient (Wildman–Crippen LogP) is 3.50. The normalized spacial score (nSPS) is 9.70. The molecule has 2 amide bonds. The maximum Gasteiger partial charge on any atom is 0.319 e. The van der Waals surface area contributed by atoms with Crippen molar-refractivity contribution in [2.45, 2.75) is 6.42 Å². The summed E-state index contributed by atoms with van der Waals surface area (Å²) in [5.41, 5.74) is 1.44. The molecule has 108 valence electrons. The van der Waals surface area contributed by atoms with Gasteiger partial charge in [0, 0.05) is 24.9 Å². The van der Waals surface area contributed by atoms with Gasteiger partial charge in [0.05, 0.1) is 22.1 Å². The molecule has 5 nitrogen and oxygen atoms in total. The van der Waals surface area contributed by atoms with Crippen molar-refractivity contribution < 1.29 is 4.79 Å². The Morgan fingerprint density at radius 1 is 1.35 bits per heavy atom. The zero-order valence-electron chi connectivity index (χ0n) is 10.3. The molecule has 0 unspecified atom stereocenters. The van der Waals surface area contributed by atoms with Crippen LogP contribution in [0.2, 0.25) is 10.0 Å². The van der Waals surface area contributed by atoms with E-state index in [2.05, 4.69) is 20.6 Å². The zero-order valence-corrected chi connectivity index (χ0v) is 12.6. The summed E-state index contributed by atoms with van der Waals surface area (Å²) in [5.74, 6) is 0. The largest absolute Gasteiger partial charge is 0.348 e. The van der Waals surface area contributed by atoms with Gasteiger partial charge in [-0.15, -0.1) is 12.4 Å². The smallest absolute Gasteiger partial charge is 0.319 e. The van der Waals surface area contributed by atoms with Crippen LogP contribution in [0.15, 0.2) is 30.7 Å². The number of rotatable bonds is 4. The average molecular weight is 336 g/mol. The summed E-state index contributed by atoms with van der Waals surface area (Å²) in [4.78, 5) is 18.5. The summed E-state index contributed by atoms with van der Waals surface area (Å²) in [6, 6.07) is 4.73. The van der Waals surface area contributed by atoms with E-state index in [0.29, 0.717) is 28.7 Å². The van der Waals surface area contributed by atoms with Crippen LogP contribution in [0.4, 0.5) is 10.5 Å². The number of halogens is 3. The number of hydrogen-bond donors (Lipinski definition) is 3. The van der Waals surface area contributed by atoms with Crippen LogP contribution in [0.3, 0.4) is 0 Å². The number of aromatic amines is 1. The minimum Gasteiger partial charge on any atom is -0.348 e.